The number of hydrogen-bond acceptors (Lipinski definition) is 3. The van der Waals surface area contributed by atoms with Crippen LogP contribution in [0.5, 0.6) is 5.75 Å². The minimum atomic E-state index is -0.220. The Morgan fingerprint density at radius 3 is 2.25 bits per heavy atom. The molecule has 0 saturated heterocycles. The molecule has 0 radical (unpaired) electrons. The molecule has 2 aromatic carbocycles. The molecule has 1 amide bonds. The minimum Gasteiger partial charge on any atom is -0.493 e. The molecule has 0 saturated carbocycles. The van der Waals surface area contributed by atoms with Crippen LogP contribution in [0.1, 0.15) is 56.7 Å². The summed E-state index contributed by atoms with van der Waals surface area (Å²) in [6.45, 7) is 7.36. The lowest BCUT2D eigenvalue weighted by Crippen LogP contribution is -2.35. The van der Waals surface area contributed by atoms with Gasteiger partial charge >= 0.3 is 0 Å². The lowest BCUT2D eigenvalue weighted by atomic mass is 9.99. The Hall–Kier alpha value is -2.04. The van der Waals surface area contributed by atoms with Crippen LogP contribution in [0, 0.1) is 5.92 Å². The summed E-state index contributed by atoms with van der Waals surface area (Å²) >= 11 is 0. The molecular formula is C23H33ClN2O2. The first-order chi connectivity index (χ1) is 13.0. The molecule has 4 nitrogen and oxygen atoms in total. The highest BCUT2D eigenvalue weighted by molar-refractivity contribution is 5.85. The number of carbonyl (C=O) groups excluding carboxylic acids is 1. The Labute approximate surface area is 175 Å². The maximum Gasteiger partial charge on any atom is 0.227 e. The van der Waals surface area contributed by atoms with Gasteiger partial charge in [0.2, 0.25) is 5.91 Å². The van der Waals surface area contributed by atoms with E-state index in [4.69, 9.17) is 10.5 Å². The molecule has 2 aromatic rings. The number of nitrogens with one attached hydrogen (secondary N) is 1. The first-order valence-electron chi connectivity index (χ1n) is 9.83. The van der Waals surface area contributed by atoms with Gasteiger partial charge in [0.05, 0.1) is 18.6 Å². The van der Waals surface area contributed by atoms with Gasteiger partial charge in [-0.2, -0.15) is 0 Å². The monoisotopic (exact) mass is 404 g/mol. The van der Waals surface area contributed by atoms with Crippen molar-refractivity contribution in [1.29, 1.82) is 0 Å². The van der Waals surface area contributed by atoms with Crippen LogP contribution in [0.2, 0.25) is 0 Å². The zero-order chi connectivity index (χ0) is 19.6. The highest BCUT2D eigenvalue weighted by Crippen LogP contribution is 2.21. The van der Waals surface area contributed by atoms with Crippen molar-refractivity contribution in [1.82, 2.24) is 5.32 Å². The summed E-state index contributed by atoms with van der Waals surface area (Å²) in [6, 6.07) is 17.4. The molecule has 0 bridgehead atoms. The number of ether oxygens (including phenoxy) is 1. The lowest BCUT2D eigenvalue weighted by Gasteiger charge is -2.21. The molecule has 3 N–H and O–H groups in total. The standard InChI is InChI=1S/C23H32N2O2.ClH/c1-4-8-17(2)16-27-21-13-11-20(12-14-21)22(15-24)25-23(26)18(3)19-9-6-5-7-10-19;/h5-7,9-14,17-18,22H,4,8,15-16,24H2,1-3H3,(H,25,26);1H/t17?,18-,22-;/m0./s1. The number of rotatable bonds is 10. The third-order valence-electron chi connectivity index (χ3n) is 4.84. The van der Waals surface area contributed by atoms with Crippen molar-refractivity contribution in [2.45, 2.75) is 45.6 Å². The SMILES string of the molecule is CCCC(C)COc1ccc([C@H](CN)NC(=O)[C@@H](C)c2ccccc2)cc1.Cl. The van der Waals surface area contributed by atoms with E-state index in [0.29, 0.717) is 12.5 Å². The van der Waals surface area contributed by atoms with Gasteiger partial charge in [-0.25, -0.2) is 0 Å². The summed E-state index contributed by atoms with van der Waals surface area (Å²) in [5.41, 5.74) is 7.90. The maximum absolute atomic E-state index is 12.6. The molecule has 5 heteroatoms. The van der Waals surface area contributed by atoms with E-state index in [1.165, 1.54) is 12.8 Å². The molecule has 0 aromatic heterocycles. The van der Waals surface area contributed by atoms with Gasteiger partial charge in [-0.15, -0.1) is 12.4 Å². The van der Waals surface area contributed by atoms with Crippen molar-refractivity contribution in [3.8, 4) is 5.75 Å². The molecule has 0 fully saturated rings. The van der Waals surface area contributed by atoms with Crippen molar-refractivity contribution in [2.24, 2.45) is 11.7 Å². The number of carbonyl (C=O) groups is 1. The third-order valence-corrected chi connectivity index (χ3v) is 4.84. The Balaban J connectivity index is 0.00000392. The Morgan fingerprint density at radius 2 is 1.68 bits per heavy atom. The molecule has 154 valence electrons. The Kier molecular flexibility index (Phi) is 10.6. The van der Waals surface area contributed by atoms with E-state index in [2.05, 4.69) is 19.2 Å². The van der Waals surface area contributed by atoms with Gasteiger partial charge in [0.1, 0.15) is 5.75 Å². The smallest absolute Gasteiger partial charge is 0.227 e. The summed E-state index contributed by atoms with van der Waals surface area (Å²) in [7, 11) is 0. The summed E-state index contributed by atoms with van der Waals surface area (Å²) in [4.78, 5) is 12.6. The summed E-state index contributed by atoms with van der Waals surface area (Å²) in [6.07, 6.45) is 2.34. The summed E-state index contributed by atoms with van der Waals surface area (Å²) < 4.78 is 5.85. The lowest BCUT2D eigenvalue weighted by molar-refractivity contribution is -0.122. The number of halogens is 1. The van der Waals surface area contributed by atoms with Gasteiger partial charge in [0.25, 0.3) is 0 Å². The quantitative estimate of drug-likeness (QED) is 0.595. The molecule has 0 aliphatic rings. The van der Waals surface area contributed by atoms with Gasteiger partial charge < -0.3 is 15.8 Å². The average molecular weight is 405 g/mol. The maximum atomic E-state index is 12.6. The van der Waals surface area contributed by atoms with Gasteiger partial charge in [-0.1, -0.05) is 62.7 Å². The van der Waals surface area contributed by atoms with E-state index < -0.39 is 0 Å². The van der Waals surface area contributed by atoms with Gasteiger partial charge in [-0.3, -0.25) is 4.79 Å². The zero-order valence-electron chi connectivity index (χ0n) is 17.1. The van der Waals surface area contributed by atoms with Crippen molar-refractivity contribution in [2.75, 3.05) is 13.2 Å². The molecule has 28 heavy (non-hydrogen) atoms. The first kappa shape index (κ1) is 24.0. The molecule has 0 aliphatic carbocycles. The topological polar surface area (TPSA) is 64.3 Å². The van der Waals surface area contributed by atoms with Gasteiger partial charge in [0.15, 0.2) is 0 Å². The fraction of sp³-hybridized carbons (Fsp3) is 0.435. The fourth-order valence-electron chi connectivity index (χ4n) is 3.08. The predicted molar refractivity (Wildman–Crippen MR) is 118 cm³/mol. The van der Waals surface area contributed by atoms with Crippen LogP contribution in [-0.2, 0) is 4.79 Å². The van der Waals surface area contributed by atoms with Crippen LogP contribution in [0.4, 0.5) is 0 Å². The van der Waals surface area contributed by atoms with Crippen LogP contribution >= 0.6 is 12.4 Å². The number of hydrogen-bond donors (Lipinski definition) is 2. The number of nitrogens with two attached hydrogens (primary N) is 1. The fourth-order valence-corrected chi connectivity index (χ4v) is 3.08. The van der Waals surface area contributed by atoms with Crippen LogP contribution in [0.3, 0.4) is 0 Å². The molecule has 3 atom stereocenters. The number of benzene rings is 2. The van der Waals surface area contributed by atoms with Gasteiger partial charge in [0, 0.05) is 6.54 Å². The van der Waals surface area contributed by atoms with E-state index in [9.17, 15) is 4.79 Å². The van der Waals surface area contributed by atoms with E-state index >= 15 is 0 Å². The summed E-state index contributed by atoms with van der Waals surface area (Å²) in [5.74, 6) is 1.15. The number of amides is 1. The van der Waals surface area contributed by atoms with E-state index in [0.717, 1.165) is 23.5 Å². The minimum absolute atomic E-state index is 0. The molecule has 2 rings (SSSR count). The normalized spacial score (nSPS) is 13.7. The van der Waals surface area contributed by atoms with Crippen molar-refractivity contribution >= 4 is 18.3 Å². The third kappa shape index (κ3) is 7.17. The zero-order valence-corrected chi connectivity index (χ0v) is 17.9. The second kappa shape index (κ2) is 12.4. The Morgan fingerprint density at radius 1 is 1.04 bits per heavy atom. The van der Waals surface area contributed by atoms with Crippen LogP contribution in [0.25, 0.3) is 0 Å². The van der Waals surface area contributed by atoms with Crippen molar-refractivity contribution in [3.63, 3.8) is 0 Å². The van der Waals surface area contributed by atoms with Crippen molar-refractivity contribution < 1.29 is 9.53 Å². The van der Waals surface area contributed by atoms with Crippen molar-refractivity contribution in [3.05, 3.63) is 65.7 Å². The molecule has 1 unspecified atom stereocenters. The van der Waals surface area contributed by atoms with Crippen LogP contribution < -0.4 is 15.8 Å². The molecule has 0 spiro atoms. The largest absolute Gasteiger partial charge is 0.493 e. The van der Waals surface area contributed by atoms with Crippen LogP contribution in [0.15, 0.2) is 54.6 Å². The molecular weight excluding hydrogens is 372 g/mol. The van der Waals surface area contributed by atoms with E-state index in [1.807, 2.05) is 61.5 Å². The first-order valence-corrected chi connectivity index (χ1v) is 9.83. The predicted octanol–water partition coefficient (Wildman–Crippen LogP) is 4.84. The second-order valence-electron chi connectivity index (χ2n) is 7.20. The second-order valence-corrected chi connectivity index (χ2v) is 7.20. The highest BCUT2D eigenvalue weighted by Gasteiger charge is 2.19. The Bertz CT molecular complexity index is 692. The average Bonchev–Trinajstić information content (AvgIpc) is 2.71. The van der Waals surface area contributed by atoms with E-state index in [-0.39, 0.29) is 30.3 Å². The summed E-state index contributed by atoms with van der Waals surface area (Å²) in [5, 5.41) is 3.06. The highest BCUT2D eigenvalue weighted by atomic mass is 35.5. The molecule has 0 aliphatic heterocycles. The van der Waals surface area contributed by atoms with Crippen LogP contribution in [-0.4, -0.2) is 19.1 Å². The van der Waals surface area contributed by atoms with E-state index in [1.54, 1.807) is 0 Å². The van der Waals surface area contributed by atoms with Gasteiger partial charge in [-0.05, 0) is 42.5 Å². The molecule has 0 heterocycles.